The number of nitro benzene ring substituents is 1. The van der Waals surface area contributed by atoms with Crippen molar-refractivity contribution in [2.75, 3.05) is 18.5 Å². The third-order valence-electron chi connectivity index (χ3n) is 2.60. The first-order valence-electron chi connectivity index (χ1n) is 5.45. The van der Waals surface area contributed by atoms with E-state index in [1.807, 2.05) is 13.8 Å². The maximum atomic E-state index is 10.8. The number of nitro groups is 1. The van der Waals surface area contributed by atoms with Crippen LogP contribution in [0.15, 0.2) is 18.2 Å². The largest absolute Gasteiger partial charge is 0.396 e. The van der Waals surface area contributed by atoms with E-state index in [9.17, 15) is 10.1 Å². The smallest absolute Gasteiger partial charge is 0.274 e. The van der Waals surface area contributed by atoms with Crippen molar-refractivity contribution in [2.24, 2.45) is 5.41 Å². The highest BCUT2D eigenvalue weighted by molar-refractivity contribution is 5.54. The summed E-state index contributed by atoms with van der Waals surface area (Å²) >= 11 is 0. The minimum atomic E-state index is -0.391. The molecule has 0 aromatic heterocycles. The van der Waals surface area contributed by atoms with Gasteiger partial charge in [0.2, 0.25) is 0 Å². The zero-order valence-corrected chi connectivity index (χ0v) is 10.4. The molecule has 0 spiro atoms. The Kier molecular flexibility index (Phi) is 4.07. The van der Waals surface area contributed by atoms with E-state index >= 15 is 0 Å². The van der Waals surface area contributed by atoms with Crippen molar-refractivity contribution in [2.45, 2.75) is 20.8 Å². The molecular formula is C12H18N2O3. The predicted molar refractivity (Wildman–Crippen MR) is 67.2 cm³/mol. The van der Waals surface area contributed by atoms with Gasteiger partial charge < -0.3 is 10.4 Å². The summed E-state index contributed by atoms with van der Waals surface area (Å²) in [5.74, 6) is 0. The lowest BCUT2D eigenvalue weighted by Gasteiger charge is -2.22. The molecular weight excluding hydrogens is 220 g/mol. The van der Waals surface area contributed by atoms with Crippen molar-refractivity contribution >= 4 is 11.4 Å². The van der Waals surface area contributed by atoms with Crippen LogP contribution in [0.3, 0.4) is 0 Å². The van der Waals surface area contributed by atoms with E-state index in [0.717, 1.165) is 0 Å². The minimum absolute atomic E-state index is 0.0634. The molecule has 1 aromatic carbocycles. The molecule has 0 aliphatic carbocycles. The second kappa shape index (κ2) is 5.14. The highest BCUT2D eigenvalue weighted by atomic mass is 16.6. The summed E-state index contributed by atoms with van der Waals surface area (Å²) in [5, 5.41) is 23.0. The van der Waals surface area contributed by atoms with Crippen LogP contribution in [0.5, 0.6) is 0 Å². The summed E-state index contributed by atoms with van der Waals surface area (Å²) in [6, 6.07) is 5.03. The molecule has 0 saturated carbocycles. The number of aliphatic hydroxyl groups is 1. The predicted octanol–water partition coefficient (Wildman–Crippen LogP) is 2.33. The molecule has 17 heavy (non-hydrogen) atoms. The van der Waals surface area contributed by atoms with Crippen LogP contribution in [0.1, 0.15) is 19.4 Å². The van der Waals surface area contributed by atoms with Crippen molar-refractivity contribution in [1.29, 1.82) is 0 Å². The number of aryl methyl sites for hydroxylation is 1. The van der Waals surface area contributed by atoms with Crippen LogP contribution in [-0.2, 0) is 0 Å². The topological polar surface area (TPSA) is 75.4 Å². The quantitative estimate of drug-likeness (QED) is 0.609. The molecule has 0 aliphatic rings. The van der Waals surface area contributed by atoms with Crippen molar-refractivity contribution in [3.05, 3.63) is 33.9 Å². The lowest BCUT2D eigenvalue weighted by Crippen LogP contribution is -2.26. The molecule has 0 heterocycles. The van der Waals surface area contributed by atoms with Crippen molar-refractivity contribution in [3.63, 3.8) is 0 Å². The van der Waals surface area contributed by atoms with E-state index in [1.165, 1.54) is 6.07 Å². The summed E-state index contributed by atoms with van der Waals surface area (Å²) in [4.78, 5) is 10.4. The number of nitrogens with zero attached hydrogens (tertiary/aromatic N) is 1. The number of benzene rings is 1. The molecule has 5 heteroatoms. The first kappa shape index (κ1) is 13.4. The minimum Gasteiger partial charge on any atom is -0.396 e. The van der Waals surface area contributed by atoms with Crippen LogP contribution in [0.2, 0.25) is 0 Å². The van der Waals surface area contributed by atoms with Gasteiger partial charge in [0.15, 0.2) is 0 Å². The maximum Gasteiger partial charge on any atom is 0.274 e. The molecule has 2 N–H and O–H groups in total. The summed E-state index contributed by atoms with van der Waals surface area (Å²) < 4.78 is 0. The van der Waals surface area contributed by atoms with Gasteiger partial charge in [-0.2, -0.15) is 0 Å². The number of rotatable bonds is 5. The molecule has 94 valence electrons. The molecule has 0 radical (unpaired) electrons. The van der Waals surface area contributed by atoms with E-state index in [1.54, 1.807) is 19.1 Å². The Bertz CT molecular complexity index is 416. The zero-order chi connectivity index (χ0) is 13.1. The average molecular weight is 238 g/mol. The van der Waals surface area contributed by atoms with Crippen LogP contribution in [0.4, 0.5) is 11.4 Å². The summed E-state index contributed by atoms with van der Waals surface area (Å²) in [6.07, 6.45) is 0. The van der Waals surface area contributed by atoms with Gasteiger partial charge in [0.05, 0.1) is 4.92 Å². The van der Waals surface area contributed by atoms with Crippen LogP contribution in [0, 0.1) is 22.5 Å². The first-order chi connectivity index (χ1) is 7.85. The number of aliphatic hydroxyl groups excluding tert-OH is 1. The third-order valence-corrected chi connectivity index (χ3v) is 2.60. The standard InChI is InChI=1S/C12H18N2O3/c1-9-4-5-10(6-11(9)14(16)17)13-7-12(2,3)8-15/h4-6,13,15H,7-8H2,1-3H3. The lowest BCUT2D eigenvalue weighted by atomic mass is 9.95. The second-order valence-corrected chi connectivity index (χ2v) is 4.93. The van der Waals surface area contributed by atoms with Gasteiger partial charge in [0.25, 0.3) is 5.69 Å². The molecule has 1 aromatic rings. The Morgan fingerprint density at radius 2 is 2.12 bits per heavy atom. The number of anilines is 1. The van der Waals surface area contributed by atoms with Crippen LogP contribution in [-0.4, -0.2) is 23.2 Å². The van der Waals surface area contributed by atoms with E-state index in [4.69, 9.17) is 5.11 Å². The third kappa shape index (κ3) is 3.71. The van der Waals surface area contributed by atoms with Crippen LogP contribution in [0.25, 0.3) is 0 Å². The van der Waals surface area contributed by atoms with Crippen molar-refractivity contribution in [3.8, 4) is 0 Å². The fourth-order valence-corrected chi connectivity index (χ4v) is 1.31. The second-order valence-electron chi connectivity index (χ2n) is 4.93. The van der Waals surface area contributed by atoms with Crippen molar-refractivity contribution < 1.29 is 10.0 Å². The molecule has 0 atom stereocenters. The molecule has 1 rings (SSSR count). The monoisotopic (exact) mass is 238 g/mol. The number of nitrogens with one attached hydrogen (secondary N) is 1. The van der Waals surface area contributed by atoms with Gasteiger partial charge in [0.1, 0.15) is 0 Å². The molecule has 5 nitrogen and oxygen atoms in total. The van der Waals surface area contributed by atoms with E-state index in [-0.39, 0.29) is 17.7 Å². The summed E-state index contributed by atoms with van der Waals surface area (Å²) in [5.41, 5.74) is 1.20. The Morgan fingerprint density at radius 1 is 1.47 bits per heavy atom. The fraction of sp³-hybridized carbons (Fsp3) is 0.500. The van der Waals surface area contributed by atoms with Gasteiger partial charge in [-0.25, -0.2) is 0 Å². The van der Waals surface area contributed by atoms with Gasteiger partial charge >= 0.3 is 0 Å². The molecule has 0 aliphatic heterocycles. The highest BCUT2D eigenvalue weighted by Gasteiger charge is 2.17. The fourth-order valence-electron chi connectivity index (χ4n) is 1.31. The van der Waals surface area contributed by atoms with Crippen LogP contribution >= 0.6 is 0 Å². The van der Waals surface area contributed by atoms with Crippen molar-refractivity contribution in [1.82, 2.24) is 0 Å². The van der Waals surface area contributed by atoms with Gasteiger partial charge in [0, 0.05) is 35.9 Å². The maximum absolute atomic E-state index is 10.8. The van der Waals surface area contributed by atoms with Gasteiger partial charge in [-0.3, -0.25) is 10.1 Å². The van der Waals surface area contributed by atoms with E-state index in [0.29, 0.717) is 17.8 Å². The van der Waals surface area contributed by atoms with Gasteiger partial charge in [-0.1, -0.05) is 19.9 Å². The number of hydrogen-bond donors (Lipinski definition) is 2. The normalized spacial score (nSPS) is 11.3. The molecule has 0 unspecified atom stereocenters. The van der Waals surface area contributed by atoms with E-state index in [2.05, 4.69) is 5.32 Å². The summed E-state index contributed by atoms with van der Waals surface area (Å²) in [6.45, 7) is 6.17. The Labute approximate surface area is 101 Å². The van der Waals surface area contributed by atoms with Gasteiger partial charge in [-0.05, 0) is 13.0 Å². The molecule has 0 fully saturated rings. The molecule has 0 bridgehead atoms. The Balaban J connectivity index is 2.80. The lowest BCUT2D eigenvalue weighted by molar-refractivity contribution is -0.385. The molecule has 0 amide bonds. The zero-order valence-electron chi connectivity index (χ0n) is 10.4. The SMILES string of the molecule is Cc1ccc(NCC(C)(C)CO)cc1[N+](=O)[O-]. The highest BCUT2D eigenvalue weighted by Crippen LogP contribution is 2.23. The average Bonchev–Trinajstić information content (AvgIpc) is 2.27. The number of hydrogen-bond acceptors (Lipinski definition) is 4. The Morgan fingerprint density at radius 3 is 2.65 bits per heavy atom. The van der Waals surface area contributed by atoms with Crippen LogP contribution < -0.4 is 5.32 Å². The Hall–Kier alpha value is -1.62. The van der Waals surface area contributed by atoms with E-state index < -0.39 is 4.92 Å². The molecule has 0 saturated heterocycles. The van der Waals surface area contributed by atoms with Gasteiger partial charge in [-0.15, -0.1) is 0 Å². The first-order valence-corrected chi connectivity index (χ1v) is 5.45. The summed E-state index contributed by atoms with van der Waals surface area (Å²) in [7, 11) is 0.